The molecule has 1 aliphatic carbocycles. The molecule has 0 radical (unpaired) electrons. The molecule has 1 aliphatic heterocycles. The number of methoxy groups -OCH3 is 1. The molecule has 10 heteroatoms. The van der Waals surface area contributed by atoms with Crippen LogP contribution in [0.1, 0.15) is 42.7 Å². The van der Waals surface area contributed by atoms with Crippen LogP contribution in [0.3, 0.4) is 0 Å². The van der Waals surface area contributed by atoms with Crippen molar-refractivity contribution in [3.05, 3.63) is 48.0 Å². The molecule has 4 aromatic rings. The van der Waals surface area contributed by atoms with Crippen molar-refractivity contribution in [1.82, 2.24) is 24.7 Å². The van der Waals surface area contributed by atoms with Gasteiger partial charge in [-0.3, -0.25) is 4.79 Å². The van der Waals surface area contributed by atoms with Gasteiger partial charge in [-0.1, -0.05) is 0 Å². The molecule has 1 amide bonds. The smallest absolute Gasteiger partial charge is 0.316 e. The molecular weight excluding hydrogens is 470 g/mol. The maximum absolute atomic E-state index is 13.6. The van der Waals surface area contributed by atoms with Gasteiger partial charge in [-0.2, -0.15) is 4.98 Å². The minimum absolute atomic E-state index is 0.211. The molecule has 192 valence electrons. The molecular formula is C27H31N7O3. The third kappa shape index (κ3) is 4.64. The van der Waals surface area contributed by atoms with Gasteiger partial charge >= 0.3 is 6.01 Å². The van der Waals surface area contributed by atoms with Gasteiger partial charge in [0, 0.05) is 60.9 Å². The van der Waals surface area contributed by atoms with Crippen LogP contribution in [0.2, 0.25) is 0 Å². The summed E-state index contributed by atoms with van der Waals surface area (Å²) in [6.07, 6.45) is 7.79. The van der Waals surface area contributed by atoms with Gasteiger partial charge in [0.25, 0.3) is 5.91 Å². The maximum Gasteiger partial charge on any atom is 0.316 e. The Hall–Kier alpha value is -3.92. The molecule has 0 bridgehead atoms. The molecule has 0 unspecified atom stereocenters. The lowest BCUT2D eigenvalue weighted by Gasteiger charge is -2.38. The SMILES string of the molecule is COc1ncc2c(N3C[C@H](C)N[C@@H](C)C3)ccc(C(=O)Nc3cc(OC4CC4)c4nc(C)cn4c3)c2n1. The van der Waals surface area contributed by atoms with Crippen LogP contribution in [-0.4, -0.2) is 63.6 Å². The van der Waals surface area contributed by atoms with E-state index in [1.807, 2.05) is 41.9 Å². The zero-order chi connectivity index (χ0) is 25.7. The number of rotatable bonds is 6. The first-order chi connectivity index (χ1) is 17.9. The molecule has 1 aromatic carbocycles. The lowest BCUT2D eigenvalue weighted by atomic mass is 10.0. The van der Waals surface area contributed by atoms with E-state index in [4.69, 9.17) is 9.47 Å². The number of anilines is 2. The number of piperazine rings is 1. The lowest BCUT2D eigenvalue weighted by Crippen LogP contribution is -2.54. The second kappa shape index (κ2) is 9.19. The molecule has 2 atom stereocenters. The highest BCUT2D eigenvalue weighted by atomic mass is 16.5. The number of amides is 1. The van der Waals surface area contributed by atoms with Crippen molar-refractivity contribution in [2.45, 2.75) is 51.8 Å². The average Bonchev–Trinajstić information content (AvgIpc) is 3.60. The number of fused-ring (bicyclic) bond motifs is 2. The van der Waals surface area contributed by atoms with E-state index in [2.05, 4.69) is 44.3 Å². The third-order valence-electron chi connectivity index (χ3n) is 6.74. The third-order valence-corrected chi connectivity index (χ3v) is 6.74. The van der Waals surface area contributed by atoms with Gasteiger partial charge < -0.3 is 29.4 Å². The van der Waals surface area contributed by atoms with Crippen LogP contribution in [0.15, 0.2) is 36.8 Å². The largest absolute Gasteiger partial charge is 0.486 e. The number of hydrogen-bond donors (Lipinski definition) is 2. The highest BCUT2D eigenvalue weighted by molar-refractivity contribution is 6.14. The molecule has 1 saturated carbocycles. The first-order valence-corrected chi connectivity index (χ1v) is 12.7. The average molecular weight is 502 g/mol. The van der Waals surface area contributed by atoms with E-state index in [1.54, 1.807) is 6.20 Å². The maximum atomic E-state index is 13.6. The summed E-state index contributed by atoms with van der Waals surface area (Å²) in [6, 6.07) is 6.56. The second-order valence-electron chi connectivity index (χ2n) is 10.1. The summed E-state index contributed by atoms with van der Waals surface area (Å²) >= 11 is 0. The van der Waals surface area contributed by atoms with Crippen LogP contribution >= 0.6 is 0 Å². The van der Waals surface area contributed by atoms with Crippen LogP contribution in [0.5, 0.6) is 11.8 Å². The van der Waals surface area contributed by atoms with E-state index in [9.17, 15) is 4.79 Å². The summed E-state index contributed by atoms with van der Waals surface area (Å²) < 4.78 is 13.3. The summed E-state index contributed by atoms with van der Waals surface area (Å²) in [5, 5.41) is 7.42. The highest BCUT2D eigenvalue weighted by Gasteiger charge is 2.27. The number of aromatic nitrogens is 4. The number of nitrogens with one attached hydrogen (secondary N) is 2. The molecule has 2 N–H and O–H groups in total. The Morgan fingerprint density at radius 1 is 1.14 bits per heavy atom. The van der Waals surface area contributed by atoms with Crippen LogP contribution in [-0.2, 0) is 0 Å². The number of pyridine rings is 1. The van der Waals surface area contributed by atoms with Crippen molar-refractivity contribution in [1.29, 1.82) is 0 Å². The first kappa shape index (κ1) is 23.5. The molecule has 4 heterocycles. The fraction of sp³-hybridized carbons (Fsp3) is 0.407. The normalized spacial score (nSPS) is 19.8. The Balaban J connectivity index is 1.37. The number of carbonyl (C=O) groups is 1. The molecule has 1 saturated heterocycles. The van der Waals surface area contributed by atoms with Crippen molar-refractivity contribution >= 4 is 33.8 Å². The second-order valence-corrected chi connectivity index (χ2v) is 10.1. The number of hydrogen-bond acceptors (Lipinski definition) is 8. The summed E-state index contributed by atoms with van der Waals surface area (Å²) in [5.74, 6) is 0.396. The zero-order valence-corrected chi connectivity index (χ0v) is 21.5. The number of nitrogens with zero attached hydrogens (tertiary/aromatic N) is 5. The molecule has 37 heavy (non-hydrogen) atoms. The van der Waals surface area contributed by atoms with Crippen molar-refractivity contribution < 1.29 is 14.3 Å². The van der Waals surface area contributed by atoms with E-state index in [0.717, 1.165) is 48.3 Å². The molecule has 10 nitrogen and oxygen atoms in total. The minimum Gasteiger partial charge on any atom is -0.486 e. The van der Waals surface area contributed by atoms with Crippen molar-refractivity contribution in [2.24, 2.45) is 0 Å². The summed E-state index contributed by atoms with van der Waals surface area (Å²) in [6.45, 7) is 7.99. The van der Waals surface area contributed by atoms with Gasteiger partial charge in [0.2, 0.25) is 0 Å². The van der Waals surface area contributed by atoms with E-state index >= 15 is 0 Å². The van der Waals surface area contributed by atoms with Crippen molar-refractivity contribution in [3.63, 3.8) is 0 Å². The van der Waals surface area contributed by atoms with Gasteiger partial charge in [0.15, 0.2) is 11.4 Å². The topological polar surface area (TPSA) is 106 Å². The van der Waals surface area contributed by atoms with Gasteiger partial charge in [-0.15, -0.1) is 0 Å². The van der Waals surface area contributed by atoms with Gasteiger partial charge in [0.05, 0.1) is 35.7 Å². The Morgan fingerprint density at radius 3 is 2.65 bits per heavy atom. The number of carbonyl (C=O) groups excluding carboxylic acids is 1. The predicted octanol–water partition coefficient (Wildman–Crippen LogP) is 3.57. The number of imidazole rings is 1. The van der Waals surface area contributed by atoms with Crippen LogP contribution in [0.4, 0.5) is 11.4 Å². The van der Waals surface area contributed by atoms with Gasteiger partial charge in [-0.05, 0) is 45.7 Å². The molecule has 6 rings (SSSR count). The van der Waals surface area contributed by atoms with E-state index in [-0.39, 0.29) is 18.0 Å². The summed E-state index contributed by atoms with van der Waals surface area (Å²) in [5.41, 5.74) is 4.25. The number of benzene rings is 1. The molecule has 2 aliphatic rings. The molecule has 3 aromatic heterocycles. The van der Waals surface area contributed by atoms with Crippen LogP contribution in [0, 0.1) is 6.92 Å². The predicted molar refractivity (Wildman–Crippen MR) is 142 cm³/mol. The fourth-order valence-electron chi connectivity index (χ4n) is 5.08. The standard InChI is InChI=1S/C27H31N7O3/c1-15-11-33(12-16(2)29-15)22-8-7-20(24-21(22)10-28-27(32-24)36-4)26(35)31-18-9-23(37-19-5-6-19)25-30-17(3)13-34(25)14-18/h7-10,13-16,19,29H,5-6,11-12H2,1-4H3,(H,31,35)/t15-,16-/m0/s1. The molecule has 2 fully saturated rings. The Kier molecular flexibility index (Phi) is 5.83. The monoisotopic (exact) mass is 501 g/mol. The number of ether oxygens (including phenoxy) is 2. The minimum atomic E-state index is -0.270. The van der Waals surface area contributed by atoms with E-state index < -0.39 is 0 Å². The Labute approximate surface area is 215 Å². The zero-order valence-electron chi connectivity index (χ0n) is 21.5. The lowest BCUT2D eigenvalue weighted by molar-refractivity contribution is 0.102. The Bertz CT molecular complexity index is 1490. The van der Waals surface area contributed by atoms with E-state index in [0.29, 0.717) is 34.6 Å². The van der Waals surface area contributed by atoms with Gasteiger partial charge in [-0.25, -0.2) is 9.97 Å². The molecule has 0 spiro atoms. The van der Waals surface area contributed by atoms with E-state index in [1.165, 1.54) is 7.11 Å². The fourth-order valence-corrected chi connectivity index (χ4v) is 5.08. The van der Waals surface area contributed by atoms with Gasteiger partial charge in [0.1, 0.15) is 0 Å². The first-order valence-electron chi connectivity index (χ1n) is 12.7. The highest BCUT2D eigenvalue weighted by Crippen LogP contribution is 2.33. The van der Waals surface area contributed by atoms with Crippen molar-refractivity contribution in [3.8, 4) is 11.8 Å². The summed E-state index contributed by atoms with van der Waals surface area (Å²) in [4.78, 5) is 29.5. The van der Waals surface area contributed by atoms with Crippen LogP contribution in [0.25, 0.3) is 16.6 Å². The van der Waals surface area contributed by atoms with Crippen LogP contribution < -0.4 is 25.0 Å². The number of aryl methyl sites for hydroxylation is 1. The Morgan fingerprint density at radius 2 is 1.92 bits per heavy atom. The summed E-state index contributed by atoms with van der Waals surface area (Å²) in [7, 11) is 1.52. The van der Waals surface area contributed by atoms with Crippen molar-refractivity contribution in [2.75, 3.05) is 30.4 Å². The quantitative estimate of drug-likeness (QED) is 0.413.